The molecule has 2 atom stereocenters. The highest BCUT2D eigenvalue weighted by molar-refractivity contribution is 5.76. The minimum atomic E-state index is -0.663. The van der Waals surface area contributed by atoms with E-state index in [0.717, 1.165) is 44.9 Å². The van der Waals surface area contributed by atoms with E-state index in [-0.39, 0.29) is 18.5 Å². The molecule has 0 saturated heterocycles. The van der Waals surface area contributed by atoms with Crippen LogP contribution in [0.3, 0.4) is 0 Å². The van der Waals surface area contributed by atoms with Crippen molar-refractivity contribution in [2.24, 2.45) is 0 Å². The van der Waals surface area contributed by atoms with Crippen molar-refractivity contribution in [1.29, 1.82) is 0 Å². The van der Waals surface area contributed by atoms with E-state index in [2.05, 4.69) is 43.5 Å². The summed E-state index contributed by atoms with van der Waals surface area (Å²) in [5, 5.41) is 23.2. The highest BCUT2D eigenvalue weighted by Crippen LogP contribution is 2.18. The van der Waals surface area contributed by atoms with Crippen LogP contribution in [0.15, 0.2) is 24.3 Å². The van der Waals surface area contributed by atoms with Gasteiger partial charge in [0.2, 0.25) is 5.91 Å². The van der Waals surface area contributed by atoms with Crippen LogP contribution in [-0.2, 0) is 14.3 Å². The minimum absolute atomic E-state index is 0.0173. The summed E-state index contributed by atoms with van der Waals surface area (Å²) in [7, 11) is 0. The molecule has 0 aliphatic carbocycles. The molecule has 0 aromatic heterocycles. The Balaban J connectivity index is 3.35. The van der Waals surface area contributed by atoms with Gasteiger partial charge in [-0.25, -0.2) is 0 Å². The lowest BCUT2D eigenvalue weighted by Crippen LogP contribution is -2.45. The van der Waals surface area contributed by atoms with E-state index in [1.165, 1.54) is 302 Å². The maximum atomic E-state index is 12.4. The smallest absolute Gasteiger partial charge is 0.305 e. The predicted molar refractivity (Wildman–Crippen MR) is 329 cm³/mol. The molecule has 0 heterocycles. The van der Waals surface area contributed by atoms with E-state index in [9.17, 15) is 19.8 Å². The first-order chi connectivity index (χ1) is 37.0. The molecule has 2 unspecified atom stereocenters. The molecule has 6 heteroatoms. The zero-order chi connectivity index (χ0) is 54.3. The molecule has 0 aliphatic heterocycles. The summed E-state index contributed by atoms with van der Waals surface area (Å²) >= 11 is 0. The largest absolute Gasteiger partial charge is 0.466 e. The second-order valence-corrected chi connectivity index (χ2v) is 23.5. The molecular weight excluding hydrogens is 923 g/mol. The van der Waals surface area contributed by atoms with Crippen LogP contribution in [0.5, 0.6) is 0 Å². The number of allylic oxidation sites excluding steroid dienone is 4. The topological polar surface area (TPSA) is 95.9 Å². The molecule has 3 N–H and O–H groups in total. The fourth-order valence-corrected chi connectivity index (χ4v) is 10.8. The maximum Gasteiger partial charge on any atom is 0.305 e. The predicted octanol–water partition coefficient (Wildman–Crippen LogP) is 21.8. The number of hydrogen-bond acceptors (Lipinski definition) is 5. The molecule has 0 aliphatic rings. The van der Waals surface area contributed by atoms with Crippen LogP contribution in [0.1, 0.15) is 380 Å². The maximum absolute atomic E-state index is 12.4. The quantitative estimate of drug-likeness (QED) is 0.0320. The third kappa shape index (κ3) is 61.4. The van der Waals surface area contributed by atoms with Crippen LogP contribution in [0.2, 0.25) is 0 Å². The highest BCUT2D eigenvalue weighted by Gasteiger charge is 2.20. The van der Waals surface area contributed by atoms with Crippen molar-refractivity contribution in [2.75, 3.05) is 13.2 Å². The number of nitrogens with one attached hydrogen (secondary N) is 1. The number of rotatable bonds is 64. The number of esters is 1. The van der Waals surface area contributed by atoms with E-state index in [1.54, 1.807) is 0 Å². The van der Waals surface area contributed by atoms with Crippen LogP contribution in [-0.4, -0.2) is 47.4 Å². The lowest BCUT2D eigenvalue weighted by atomic mass is 10.0. The first-order valence-electron chi connectivity index (χ1n) is 34.1. The number of amides is 1. The molecule has 75 heavy (non-hydrogen) atoms. The van der Waals surface area contributed by atoms with Crippen molar-refractivity contribution < 1.29 is 24.5 Å². The fourth-order valence-electron chi connectivity index (χ4n) is 10.8. The van der Waals surface area contributed by atoms with Crippen LogP contribution in [0, 0.1) is 0 Å². The lowest BCUT2D eigenvalue weighted by Gasteiger charge is -2.22. The third-order valence-electron chi connectivity index (χ3n) is 16.0. The molecule has 1 amide bonds. The Kier molecular flexibility index (Phi) is 63.4. The normalized spacial score (nSPS) is 12.6. The summed E-state index contributed by atoms with van der Waals surface area (Å²) in [4.78, 5) is 24.5. The van der Waals surface area contributed by atoms with Crippen molar-refractivity contribution in [3.8, 4) is 0 Å². The van der Waals surface area contributed by atoms with Gasteiger partial charge in [-0.3, -0.25) is 9.59 Å². The van der Waals surface area contributed by atoms with Gasteiger partial charge in [0.1, 0.15) is 0 Å². The second-order valence-electron chi connectivity index (χ2n) is 23.5. The van der Waals surface area contributed by atoms with Gasteiger partial charge in [-0.2, -0.15) is 0 Å². The Morgan fingerprint density at radius 3 is 1.01 bits per heavy atom. The summed E-state index contributed by atoms with van der Waals surface area (Å²) in [6.45, 7) is 4.97. The van der Waals surface area contributed by atoms with Gasteiger partial charge in [0, 0.05) is 12.8 Å². The molecule has 0 fully saturated rings. The summed E-state index contributed by atoms with van der Waals surface area (Å²) in [6.07, 6.45) is 80.9. The molecule has 0 aromatic carbocycles. The summed E-state index contributed by atoms with van der Waals surface area (Å²) in [5.41, 5.74) is 0. The molecule has 6 nitrogen and oxygen atoms in total. The van der Waals surface area contributed by atoms with Crippen LogP contribution in [0.25, 0.3) is 0 Å². The van der Waals surface area contributed by atoms with Gasteiger partial charge >= 0.3 is 5.97 Å². The molecule has 0 aromatic rings. The first-order valence-corrected chi connectivity index (χ1v) is 34.1. The Bertz CT molecular complexity index is 1170. The number of carbonyl (C=O) groups is 2. The number of carbonyl (C=O) groups excluding carboxylic acids is 2. The number of unbranched alkanes of at least 4 members (excludes halogenated alkanes) is 49. The summed E-state index contributed by atoms with van der Waals surface area (Å²) in [5.74, 6) is -0.0189. The molecule has 0 bridgehead atoms. The first kappa shape index (κ1) is 73.3. The SMILES string of the molecule is CCCCCCCCCCCCCCCCCCCCCC(=O)OCCCCCCCCCCC/C=C\C/C=C\CCCCCCCCCCCCCCCC(=O)NC(CO)C(O)CCCCCCCCCCCC. The fraction of sp³-hybridized carbons (Fsp3) is 0.913. The number of aliphatic hydroxyl groups is 2. The van der Waals surface area contributed by atoms with Gasteiger partial charge in [-0.15, -0.1) is 0 Å². The summed E-state index contributed by atoms with van der Waals surface area (Å²) < 4.78 is 5.51. The van der Waals surface area contributed by atoms with Crippen LogP contribution >= 0.6 is 0 Å². The van der Waals surface area contributed by atoms with Crippen LogP contribution in [0.4, 0.5) is 0 Å². The van der Waals surface area contributed by atoms with E-state index in [0.29, 0.717) is 25.9 Å². The van der Waals surface area contributed by atoms with Crippen molar-refractivity contribution in [3.63, 3.8) is 0 Å². The Morgan fingerprint density at radius 1 is 0.373 bits per heavy atom. The molecule has 0 spiro atoms. The van der Waals surface area contributed by atoms with Gasteiger partial charge in [-0.05, 0) is 57.8 Å². The molecular formula is C69H133NO5. The zero-order valence-electron chi connectivity index (χ0n) is 50.8. The Morgan fingerprint density at radius 2 is 0.667 bits per heavy atom. The number of aliphatic hydroxyl groups excluding tert-OH is 2. The van der Waals surface area contributed by atoms with Gasteiger partial charge in [0.15, 0.2) is 0 Å². The van der Waals surface area contributed by atoms with Crippen molar-refractivity contribution in [3.05, 3.63) is 24.3 Å². The monoisotopic (exact) mass is 1060 g/mol. The van der Waals surface area contributed by atoms with Crippen molar-refractivity contribution in [1.82, 2.24) is 5.32 Å². The second kappa shape index (κ2) is 64.9. The molecule has 0 saturated carbocycles. The zero-order valence-corrected chi connectivity index (χ0v) is 50.8. The van der Waals surface area contributed by atoms with Crippen molar-refractivity contribution >= 4 is 11.9 Å². The highest BCUT2D eigenvalue weighted by atomic mass is 16.5. The van der Waals surface area contributed by atoms with E-state index in [4.69, 9.17) is 4.74 Å². The lowest BCUT2D eigenvalue weighted by molar-refractivity contribution is -0.143. The van der Waals surface area contributed by atoms with Gasteiger partial charge in [-0.1, -0.05) is 334 Å². The van der Waals surface area contributed by atoms with Crippen LogP contribution < -0.4 is 5.32 Å². The average Bonchev–Trinajstić information content (AvgIpc) is 3.41. The van der Waals surface area contributed by atoms with E-state index < -0.39 is 12.1 Å². The molecule has 0 radical (unpaired) electrons. The van der Waals surface area contributed by atoms with E-state index in [1.807, 2.05) is 0 Å². The number of hydrogen-bond donors (Lipinski definition) is 3. The number of ether oxygens (including phenoxy) is 1. The third-order valence-corrected chi connectivity index (χ3v) is 16.0. The standard InChI is InChI=1S/C69H133NO5/c1-3-5-7-9-11-13-15-16-17-18-30-34-37-40-43-47-51-55-59-63-69(74)75-64-60-56-52-48-44-41-38-35-32-29-27-25-23-21-19-20-22-24-26-28-31-33-36-39-42-46-50-54-58-62-68(73)70-66(65-71)67(72)61-57-53-49-45-14-12-10-8-6-4-2/h19,21,25,27,66-67,71-72H,3-18,20,22-24,26,28-65H2,1-2H3,(H,70,73)/b21-19-,27-25-. The van der Waals surface area contributed by atoms with Crippen molar-refractivity contribution in [2.45, 2.75) is 392 Å². The minimum Gasteiger partial charge on any atom is -0.466 e. The average molecular weight is 1060 g/mol. The van der Waals surface area contributed by atoms with Gasteiger partial charge in [0.05, 0.1) is 25.4 Å². The van der Waals surface area contributed by atoms with Gasteiger partial charge in [0.25, 0.3) is 0 Å². The summed E-state index contributed by atoms with van der Waals surface area (Å²) in [6, 6.07) is -0.540. The van der Waals surface area contributed by atoms with Gasteiger partial charge < -0.3 is 20.3 Å². The van der Waals surface area contributed by atoms with E-state index >= 15 is 0 Å². The Hall–Kier alpha value is -1.66. The molecule has 0 rings (SSSR count). The Labute approximate surface area is 469 Å². The molecule has 444 valence electrons.